The van der Waals surface area contributed by atoms with E-state index in [2.05, 4.69) is 69.3 Å². The van der Waals surface area contributed by atoms with Crippen LogP contribution < -0.4 is 0 Å². The second-order valence-electron chi connectivity index (χ2n) is 7.54. The maximum atomic E-state index is 2.48. The SMILES string of the molecule is CCc1cccc(C2(c3cccc(CC)c3)CCC(CC)CC2)c1. The van der Waals surface area contributed by atoms with Gasteiger partial charge in [0.05, 0.1) is 0 Å². The lowest BCUT2D eigenvalue weighted by atomic mass is 9.62. The van der Waals surface area contributed by atoms with E-state index in [4.69, 9.17) is 0 Å². The lowest BCUT2D eigenvalue weighted by Crippen LogP contribution is -2.33. The Labute approximate surface area is 148 Å². The molecular weight excluding hydrogens is 288 g/mol. The summed E-state index contributed by atoms with van der Waals surface area (Å²) in [6.07, 6.45) is 8.90. The van der Waals surface area contributed by atoms with Crippen LogP contribution in [0.4, 0.5) is 0 Å². The average Bonchev–Trinajstić information content (AvgIpc) is 2.68. The fourth-order valence-corrected chi connectivity index (χ4v) is 4.50. The van der Waals surface area contributed by atoms with Gasteiger partial charge in [-0.15, -0.1) is 0 Å². The van der Waals surface area contributed by atoms with Gasteiger partial charge in [-0.3, -0.25) is 0 Å². The largest absolute Gasteiger partial charge is 0.0651 e. The van der Waals surface area contributed by atoms with Crippen LogP contribution in [0.5, 0.6) is 0 Å². The molecule has 0 nitrogen and oxygen atoms in total. The smallest absolute Gasteiger partial charge is 0.0203 e. The fourth-order valence-electron chi connectivity index (χ4n) is 4.50. The summed E-state index contributed by atoms with van der Waals surface area (Å²) >= 11 is 0. The van der Waals surface area contributed by atoms with Gasteiger partial charge in [0.2, 0.25) is 0 Å². The van der Waals surface area contributed by atoms with Crippen molar-refractivity contribution in [3.8, 4) is 0 Å². The lowest BCUT2D eigenvalue weighted by molar-refractivity contribution is 0.260. The number of rotatable bonds is 5. The van der Waals surface area contributed by atoms with E-state index in [1.54, 1.807) is 11.1 Å². The van der Waals surface area contributed by atoms with Crippen LogP contribution >= 0.6 is 0 Å². The highest BCUT2D eigenvalue weighted by atomic mass is 14.4. The average molecular weight is 321 g/mol. The van der Waals surface area contributed by atoms with Gasteiger partial charge in [-0.1, -0.05) is 75.7 Å². The van der Waals surface area contributed by atoms with Crippen molar-refractivity contribution in [2.75, 3.05) is 0 Å². The van der Waals surface area contributed by atoms with Crippen LogP contribution in [0.2, 0.25) is 0 Å². The Balaban J connectivity index is 2.07. The molecule has 0 heteroatoms. The number of benzene rings is 2. The standard InChI is InChI=1S/C24H32/c1-4-19-13-15-24(16-14-19,22-11-7-9-20(5-2)17-22)23-12-8-10-21(6-3)18-23/h7-12,17-19H,4-6,13-16H2,1-3H3. The summed E-state index contributed by atoms with van der Waals surface area (Å²) in [5, 5.41) is 0. The van der Waals surface area contributed by atoms with Crippen molar-refractivity contribution in [2.45, 2.75) is 71.1 Å². The third kappa shape index (κ3) is 3.29. The Morgan fingerprint density at radius 3 is 1.71 bits per heavy atom. The predicted octanol–water partition coefficient (Wildman–Crippen LogP) is 6.70. The highest BCUT2D eigenvalue weighted by Gasteiger charge is 2.38. The van der Waals surface area contributed by atoms with E-state index in [9.17, 15) is 0 Å². The molecule has 24 heavy (non-hydrogen) atoms. The number of hydrogen-bond donors (Lipinski definition) is 0. The Morgan fingerprint density at radius 2 is 1.29 bits per heavy atom. The summed E-state index contributed by atoms with van der Waals surface area (Å²) < 4.78 is 0. The van der Waals surface area contributed by atoms with Crippen LogP contribution in [0.3, 0.4) is 0 Å². The van der Waals surface area contributed by atoms with Crippen molar-refractivity contribution in [3.05, 3.63) is 70.8 Å². The molecule has 0 radical (unpaired) electrons. The van der Waals surface area contributed by atoms with Gasteiger partial charge in [0.1, 0.15) is 0 Å². The molecule has 2 aromatic rings. The third-order valence-corrected chi connectivity index (χ3v) is 6.31. The number of aryl methyl sites for hydroxylation is 2. The van der Waals surface area contributed by atoms with Crippen LogP contribution in [-0.4, -0.2) is 0 Å². The molecule has 0 aromatic heterocycles. The zero-order valence-corrected chi connectivity index (χ0v) is 15.6. The Bertz CT molecular complexity index is 610. The molecule has 1 aliphatic rings. The second kappa shape index (κ2) is 7.55. The Hall–Kier alpha value is -1.56. The van der Waals surface area contributed by atoms with E-state index in [0.29, 0.717) is 0 Å². The molecule has 128 valence electrons. The van der Waals surface area contributed by atoms with Gasteiger partial charge < -0.3 is 0 Å². The molecule has 0 heterocycles. The van der Waals surface area contributed by atoms with Crippen molar-refractivity contribution < 1.29 is 0 Å². The van der Waals surface area contributed by atoms with E-state index >= 15 is 0 Å². The minimum atomic E-state index is 0.224. The van der Waals surface area contributed by atoms with Gasteiger partial charge in [0.15, 0.2) is 0 Å². The predicted molar refractivity (Wildman–Crippen MR) is 105 cm³/mol. The summed E-state index contributed by atoms with van der Waals surface area (Å²) in [5.41, 5.74) is 6.25. The molecule has 0 bridgehead atoms. The third-order valence-electron chi connectivity index (χ3n) is 6.31. The van der Waals surface area contributed by atoms with Gasteiger partial charge in [-0.05, 0) is 66.7 Å². The van der Waals surface area contributed by atoms with Gasteiger partial charge in [0.25, 0.3) is 0 Å². The molecule has 3 rings (SSSR count). The Kier molecular flexibility index (Phi) is 5.43. The summed E-state index contributed by atoms with van der Waals surface area (Å²) in [4.78, 5) is 0. The quantitative estimate of drug-likeness (QED) is 0.575. The molecule has 0 spiro atoms. The first-order valence-electron chi connectivity index (χ1n) is 9.90. The zero-order valence-electron chi connectivity index (χ0n) is 15.6. The van der Waals surface area contributed by atoms with E-state index in [1.807, 2.05) is 0 Å². The van der Waals surface area contributed by atoms with E-state index in [-0.39, 0.29) is 5.41 Å². The second-order valence-corrected chi connectivity index (χ2v) is 7.54. The van der Waals surface area contributed by atoms with Crippen LogP contribution in [0.25, 0.3) is 0 Å². The minimum absolute atomic E-state index is 0.224. The topological polar surface area (TPSA) is 0 Å². The molecule has 0 saturated heterocycles. The van der Waals surface area contributed by atoms with Crippen molar-refractivity contribution in [1.82, 2.24) is 0 Å². The van der Waals surface area contributed by atoms with Crippen molar-refractivity contribution in [3.63, 3.8) is 0 Å². The van der Waals surface area contributed by atoms with Crippen LogP contribution in [0.15, 0.2) is 48.5 Å². The van der Waals surface area contributed by atoms with Gasteiger partial charge in [-0.2, -0.15) is 0 Å². The van der Waals surface area contributed by atoms with E-state index in [0.717, 1.165) is 18.8 Å². The highest BCUT2D eigenvalue weighted by Crippen LogP contribution is 2.47. The molecule has 1 saturated carbocycles. The first-order chi connectivity index (χ1) is 11.7. The molecule has 1 fully saturated rings. The maximum Gasteiger partial charge on any atom is 0.0203 e. The van der Waals surface area contributed by atoms with Crippen molar-refractivity contribution in [1.29, 1.82) is 0 Å². The molecule has 2 aromatic carbocycles. The maximum absolute atomic E-state index is 2.48. The van der Waals surface area contributed by atoms with Crippen LogP contribution in [-0.2, 0) is 18.3 Å². The summed E-state index contributed by atoms with van der Waals surface area (Å²) in [7, 11) is 0. The van der Waals surface area contributed by atoms with Crippen LogP contribution in [0, 0.1) is 5.92 Å². The molecule has 0 N–H and O–H groups in total. The van der Waals surface area contributed by atoms with Crippen LogP contribution in [0.1, 0.15) is 75.1 Å². The molecule has 1 aliphatic carbocycles. The van der Waals surface area contributed by atoms with E-state index < -0.39 is 0 Å². The van der Waals surface area contributed by atoms with Gasteiger partial charge in [0, 0.05) is 5.41 Å². The molecule has 0 aliphatic heterocycles. The van der Waals surface area contributed by atoms with Gasteiger partial charge >= 0.3 is 0 Å². The first-order valence-corrected chi connectivity index (χ1v) is 9.90. The Morgan fingerprint density at radius 1 is 0.792 bits per heavy atom. The molecule has 0 unspecified atom stereocenters. The summed E-state index contributed by atoms with van der Waals surface area (Å²) in [5.74, 6) is 0.918. The fraction of sp³-hybridized carbons (Fsp3) is 0.500. The summed E-state index contributed by atoms with van der Waals surface area (Å²) in [6, 6.07) is 18.8. The molecule has 0 atom stereocenters. The van der Waals surface area contributed by atoms with Crippen molar-refractivity contribution in [2.24, 2.45) is 5.92 Å². The molecule has 0 amide bonds. The monoisotopic (exact) mass is 320 g/mol. The number of hydrogen-bond acceptors (Lipinski definition) is 0. The normalized spacial score (nSPS) is 17.8. The lowest BCUT2D eigenvalue weighted by Gasteiger charge is -2.41. The minimum Gasteiger partial charge on any atom is -0.0651 e. The molecular formula is C24H32. The van der Waals surface area contributed by atoms with E-state index in [1.165, 1.54) is 43.2 Å². The first kappa shape index (κ1) is 17.3. The van der Waals surface area contributed by atoms with Crippen molar-refractivity contribution >= 4 is 0 Å². The van der Waals surface area contributed by atoms with Gasteiger partial charge in [-0.25, -0.2) is 0 Å². The summed E-state index contributed by atoms with van der Waals surface area (Å²) in [6.45, 7) is 6.88. The highest BCUT2D eigenvalue weighted by molar-refractivity contribution is 5.43. The zero-order chi connectivity index (χ0) is 17.0.